The SMILES string of the molecule is Cc1cscc1C(=O)c1cccc(C(F)(F)F)c1. The summed E-state index contributed by atoms with van der Waals surface area (Å²) in [5, 5.41) is 3.44. The fourth-order valence-corrected chi connectivity index (χ4v) is 2.41. The normalized spacial score (nSPS) is 11.6. The fraction of sp³-hybridized carbons (Fsp3) is 0.154. The summed E-state index contributed by atoms with van der Waals surface area (Å²) in [7, 11) is 0. The number of aryl methyl sites for hydroxylation is 1. The molecule has 0 saturated heterocycles. The summed E-state index contributed by atoms with van der Waals surface area (Å²) >= 11 is 1.36. The molecule has 94 valence electrons. The summed E-state index contributed by atoms with van der Waals surface area (Å²) in [5.74, 6) is -0.375. The van der Waals surface area contributed by atoms with E-state index in [-0.39, 0.29) is 11.3 Å². The van der Waals surface area contributed by atoms with Gasteiger partial charge in [0.2, 0.25) is 0 Å². The molecule has 0 radical (unpaired) electrons. The highest BCUT2D eigenvalue weighted by molar-refractivity contribution is 7.08. The molecule has 1 nitrogen and oxygen atoms in total. The van der Waals surface area contributed by atoms with Gasteiger partial charge in [0.15, 0.2) is 5.78 Å². The molecule has 0 saturated carbocycles. The van der Waals surface area contributed by atoms with Gasteiger partial charge < -0.3 is 0 Å². The molecular weight excluding hydrogens is 261 g/mol. The van der Waals surface area contributed by atoms with Gasteiger partial charge in [0.05, 0.1) is 5.56 Å². The van der Waals surface area contributed by atoms with Crippen molar-refractivity contribution in [3.05, 3.63) is 57.3 Å². The molecule has 0 unspecified atom stereocenters. The number of halogens is 3. The first-order valence-corrected chi connectivity index (χ1v) is 6.08. The Hall–Kier alpha value is -1.62. The molecule has 0 atom stereocenters. The topological polar surface area (TPSA) is 17.1 Å². The van der Waals surface area contributed by atoms with E-state index in [0.717, 1.165) is 17.7 Å². The van der Waals surface area contributed by atoms with Gasteiger partial charge in [-0.3, -0.25) is 4.79 Å². The molecule has 0 aliphatic carbocycles. The van der Waals surface area contributed by atoms with Crippen LogP contribution in [0.1, 0.15) is 27.0 Å². The number of carbonyl (C=O) groups excluding carboxylic acids is 1. The van der Waals surface area contributed by atoms with Gasteiger partial charge in [-0.2, -0.15) is 24.5 Å². The zero-order valence-corrected chi connectivity index (χ0v) is 10.2. The molecule has 1 aromatic heterocycles. The van der Waals surface area contributed by atoms with Gasteiger partial charge in [0.1, 0.15) is 0 Å². The van der Waals surface area contributed by atoms with E-state index in [1.54, 1.807) is 17.7 Å². The van der Waals surface area contributed by atoms with Crippen LogP contribution in [0.25, 0.3) is 0 Å². The Morgan fingerprint density at radius 3 is 2.50 bits per heavy atom. The molecule has 0 amide bonds. The Morgan fingerprint density at radius 1 is 1.22 bits per heavy atom. The second kappa shape index (κ2) is 4.57. The first-order valence-electron chi connectivity index (χ1n) is 5.14. The summed E-state index contributed by atoms with van der Waals surface area (Å²) in [6, 6.07) is 4.49. The largest absolute Gasteiger partial charge is 0.416 e. The summed E-state index contributed by atoms with van der Waals surface area (Å²) in [4.78, 5) is 12.0. The zero-order valence-electron chi connectivity index (χ0n) is 9.41. The van der Waals surface area contributed by atoms with Crippen molar-refractivity contribution >= 4 is 17.1 Å². The van der Waals surface area contributed by atoms with Crippen LogP contribution < -0.4 is 0 Å². The average molecular weight is 270 g/mol. The van der Waals surface area contributed by atoms with Crippen molar-refractivity contribution in [1.29, 1.82) is 0 Å². The van der Waals surface area contributed by atoms with Gasteiger partial charge in [-0.1, -0.05) is 12.1 Å². The summed E-state index contributed by atoms with van der Waals surface area (Å²) in [6.07, 6.45) is -4.43. The molecule has 18 heavy (non-hydrogen) atoms. The number of ketones is 1. The highest BCUT2D eigenvalue weighted by Crippen LogP contribution is 2.30. The molecule has 1 heterocycles. The van der Waals surface area contributed by atoms with Crippen LogP contribution in [0.2, 0.25) is 0 Å². The Bertz CT molecular complexity index is 584. The smallest absolute Gasteiger partial charge is 0.289 e. The Balaban J connectivity index is 2.41. The third-order valence-electron chi connectivity index (χ3n) is 2.55. The highest BCUT2D eigenvalue weighted by atomic mass is 32.1. The van der Waals surface area contributed by atoms with Gasteiger partial charge in [0.25, 0.3) is 0 Å². The molecule has 0 spiro atoms. The van der Waals surface area contributed by atoms with Gasteiger partial charge >= 0.3 is 6.18 Å². The number of hydrogen-bond donors (Lipinski definition) is 0. The molecule has 1 aromatic carbocycles. The number of thiophene rings is 1. The maximum Gasteiger partial charge on any atom is 0.416 e. The van der Waals surface area contributed by atoms with Crippen molar-refractivity contribution in [3.8, 4) is 0 Å². The number of hydrogen-bond acceptors (Lipinski definition) is 2. The van der Waals surface area contributed by atoms with Crippen molar-refractivity contribution in [3.63, 3.8) is 0 Å². The monoisotopic (exact) mass is 270 g/mol. The highest BCUT2D eigenvalue weighted by Gasteiger charge is 2.31. The van der Waals surface area contributed by atoms with E-state index >= 15 is 0 Å². The number of rotatable bonds is 2. The molecule has 0 aliphatic heterocycles. The Morgan fingerprint density at radius 2 is 1.94 bits per heavy atom. The van der Waals surface area contributed by atoms with Crippen LogP contribution in [0, 0.1) is 6.92 Å². The molecular formula is C13H9F3OS. The van der Waals surface area contributed by atoms with Crippen molar-refractivity contribution in [2.45, 2.75) is 13.1 Å². The van der Waals surface area contributed by atoms with Crippen molar-refractivity contribution in [1.82, 2.24) is 0 Å². The number of carbonyl (C=O) groups is 1. The maximum absolute atomic E-state index is 12.5. The maximum atomic E-state index is 12.5. The minimum atomic E-state index is -4.43. The van der Waals surface area contributed by atoms with Crippen LogP contribution in [-0.4, -0.2) is 5.78 Å². The van der Waals surface area contributed by atoms with E-state index in [1.165, 1.54) is 23.5 Å². The summed E-state index contributed by atoms with van der Waals surface area (Å²) < 4.78 is 37.6. The molecule has 0 N–H and O–H groups in total. The van der Waals surface area contributed by atoms with E-state index < -0.39 is 11.7 Å². The third-order valence-corrected chi connectivity index (χ3v) is 3.41. The molecule has 2 rings (SSSR count). The first-order chi connectivity index (χ1) is 8.39. The second-order valence-corrected chi connectivity index (χ2v) is 4.62. The molecule has 2 aromatic rings. The van der Waals surface area contributed by atoms with Crippen LogP contribution in [-0.2, 0) is 6.18 Å². The minimum Gasteiger partial charge on any atom is -0.289 e. The summed E-state index contributed by atoms with van der Waals surface area (Å²) in [6.45, 7) is 1.76. The lowest BCUT2D eigenvalue weighted by molar-refractivity contribution is -0.137. The van der Waals surface area contributed by atoms with Crippen molar-refractivity contribution in [2.75, 3.05) is 0 Å². The predicted octanol–water partition coefficient (Wildman–Crippen LogP) is 4.31. The van der Waals surface area contributed by atoms with E-state index in [4.69, 9.17) is 0 Å². The Kier molecular flexibility index (Phi) is 3.26. The van der Waals surface area contributed by atoms with E-state index in [9.17, 15) is 18.0 Å². The van der Waals surface area contributed by atoms with E-state index in [0.29, 0.717) is 5.56 Å². The lowest BCUT2D eigenvalue weighted by atomic mass is 10.0. The quantitative estimate of drug-likeness (QED) is 0.743. The first kappa shape index (κ1) is 12.8. The predicted molar refractivity (Wildman–Crippen MR) is 63.9 cm³/mol. The van der Waals surface area contributed by atoms with Gasteiger partial charge in [-0.05, 0) is 30.0 Å². The lowest BCUT2D eigenvalue weighted by Crippen LogP contribution is -2.08. The van der Waals surface area contributed by atoms with Crippen LogP contribution in [0.4, 0.5) is 13.2 Å². The fourth-order valence-electron chi connectivity index (χ4n) is 1.59. The standard InChI is InChI=1S/C13H9F3OS/c1-8-6-18-7-11(8)12(17)9-3-2-4-10(5-9)13(14,15)16/h2-7H,1H3. The van der Waals surface area contributed by atoms with Gasteiger partial charge in [-0.15, -0.1) is 0 Å². The van der Waals surface area contributed by atoms with E-state index in [1.807, 2.05) is 0 Å². The van der Waals surface area contributed by atoms with E-state index in [2.05, 4.69) is 0 Å². The Labute approximate surface area is 106 Å². The second-order valence-electron chi connectivity index (χ2n) is 3.88. The van der Waals surface area contributed by atoms with Crippen LogP contribution in [0.15, 0.2) is 35.0 Å². The van der Waals surface area contributed by atoms with Gasteiger partial charge in [-0.25, -0.2) is 0 Å². The molecule has 0 fully saturated rings. The summed E-state index contributed by atoms with van der Waals surface area (Å²) in [5.41, 5.74) is 0.495. The number of alkyl halides is 3. The van der Waals surface area contributed by atoms with Crippen LogP contribution in [0.5, 0.6) is 0 Å². The minimum absolute atomic E-state index is 0.0614. The molecule has 0 bridgehead atoms. The van der Waals surface area contributed by atoms with Crippen molar-refractivity contribution in [2.24, 2.45) is 0 Å². The van der Waals surface area contributed by atoms with Crippen LogP contribution >= 0.6 is 11.3 Å². The third kappa shape index (κ3) is 2.46. The molecule has 5 heteroatoms. The zero-order chi connectivity index (χ0) is 13.3. The average Bonchev–Trinajstić information content (AvgIpc) is 2.73. The van der Waals surface area contributed by atoms with Crippen LogP contribution in [0.3, 0.4) is 0 Å². The number of benzene rings is 1. The molecule has 0 aliphatic rings. The van der Waals surface area contributed by atoms with Crippen molar-refractivity contribution < 1.29 is 18.0 Å². The lowest BCUT2D eigenvalue weighted by Gasteiger charge is -2.08. The van der Waals surface area contributed by atoms with Gasteiger partial charge in [0, 0.05) is 16.5 Å².